The summed E-state index contributed by atoms with van der Waals surface area (Å²) < 4.78 is 4.90. The van der Waals surface area contributed by atoms with Crippen molar-refractivity contribution in [3.8, 4) is 0 Å². The Labute approximate surface area is 149 Å². The zero-order valence-corrected chi connectivity index (χ0v) is 15.8. The Morgan fingerprint density at radius 2 is 1.50 bits per heavy atom. The van der Waals surface area contributed by atoms with E-state index in [2.05, 4.69) is 48.7 Å². The molecule has 0 aliphatic heterocycles. The van der Waals surface area contributed by atoms with E-state index in [4.69, 9.17) is 4.74 Å². The Balaban J connectivity index is 3.28. The Morgan fingerprint density at radius 3 is 2.21 bits per heavy atom. The molecule has 0 radical (unpaired) electrons. The molecule has 0 saturated heterocycles. The van der Waals surface area contributed by atoms with E-state index in [1.807, 2.05) is 0 Å². The fraction of sp³-hybridized carbons (Fsp3) is 0.667. The Morgan fingerprint density at radius 1 is 0.875 bits per heavy atom. The van der Waals surface area contributed by atoms with Gasteiger partial charge in [-0.3, -0.25) is 4.79 Å². The average molecular weight is 336 g/mol. The van der Waals surface area contributed by atoms with Crippen molar-refractivity contribution in [3.05, 3.63) is 36.5 Å². The summed E-state index contributed by atoms with van der Waals surface area (Å²) in [5, 5.41) is 2.85. The van der Waals surface area contributed by atoms with Crippen LogP contribution in [0.4, 0.5) is 0 Å². The van der Waals surface area contributed by atoms with Crippen LogP contribution in [0.5, 0.6) is 0 Å². The molecule has 24 heavy (non-hydrogen) atoms. The van der Waals surface area contributed by atoms with Crippen LogP contribution in [0.15, 0.2) is 36.5 Å². The van der Waals surface area contributed by atoms with Crippen LogP contribution in [0.3, 0.4) is 0 Å². The molecule has 0 fully saturated rings. The maximum absolute atomic E-state index is 11.5. The molecular weight excluding hydrogens is 298 g/mol. The van der Waals surface area contributed by atoms with Gasteiger partial charge >= 0.3 is 0 Å². The molecular formula is C21H37NO2. The molecule has 1 amide bonds. The van der Waals surface area contributed by atoms with Gasteiger partial charge in [0.25, 0.3) is 0 Å². The summed E-state index contributed by atoms with van der Waals surface area (Å²) in [6, 6.07) is 0. The summed E-state index contributed by atoms with van der Waals surface area (Å²) in [6.07, 6.45) is 24.3. The minimum atomic E-state index is 0.147. The first-order valence-electron chi connectivity index (χ1n) is 9.51. The van der Waals surface area contributed by atoms with Crippen molar-refractivity contribution in [3.63, 3.8) is 0 Å². The number of hydrogen-bond acceptors (Lipinski definition) is 2. The van der Waals surface area contributed by atoms with Crippen LogP contribution in [-0.2, 0) is 9.53 Å². The second kappa shape index (κ2) is 19.7. The minimum Gasteiger partial charge on any atom is -0.383 e. The van der Waals surface area contributed by atoms with Gasteiger partial charge in [-0.1, -0.05) is 62.6 Å². The van der Waals surface area contributed by atoms with Crippen LogP contribution in [0, 0.1) is 0 Å². The SMILES string of the molecule is CC/C=C\C/C=C\C/C=C\CCCCCCCC(=O)NCCOC. The Bertz CT molecular complexity index is 359. The zero-order valence-electron chi connectivity index (χ0n) is 15.8. The van der Waals surface area contributed by atoms with Crippen LogP contribution in [0.2, 0.25) is 0 Å². The minimum absolute atomic E-state index is 0.147. The van der Waals surface area contributed by atoms with Crippen LogP contribution >= 0.6 is 0 Å². The molecule has 0 spiro atoms. The van der Waals surface area contributed by atoms with E-state index in [1.54, 1.807) is 7.11 Å². The third kappa shape index (κ3) is 18.7. The molecule has 0 bridgehead atoms. The highest BCUT2D eigenvalue weighted by atomic mass is 16.5. The van der Waals surface area contributed by atoms with Crippen molar-refractivity contribution in [2.24, 2.45) is 0 Å². The fourth-order valence-corrected chi connectivity index (χ4v) is 2.29. The largest absolute Gasteiger partial charge is 0.383 e. The van der Waals surface area contributed by atoms with Crippen LogP contribution in [0.25, 0.3) is 0 Å². The molecule has 0 aliphatic carbocycles. The molecule has 1 N–H and O–H groups in total. The molecule has 0 saturated carbocycles. The predicted octanol–water partition coefficient (Wildman–Crippen LogP) is 5.34. The van der Waals surface area contributed by atoms with E-state index in [0.29, 0.717) is 19.6 Å². The molecule has 3 nitrogen and oxygen atoms in total. The number of allylic oxidation sites excluding steroid dienone is 6. The van der Waals surface area contributed by atoms with E-state index in [1.165, 1.54) is 25.7 Å². The lowest BCUT2D eigenvalue weighted by Gasteiger charge is -2.04. The molecule has 0 rings (SSSR count). The quantitative estimate of drug-likeness (QED) is 0.305. The van der Waals surface area contributed by atoms with Crippen molar-refractivity contribution < 1.29 is 9.53 Å². The van der Waals surface area contributed by atoms with Crippen molar-refractivity contribution >= 4 is 5.91 Å². The maximum Gasteiger partial charge on any atom is 0.220 e. The average Bonchev–Trinajstić information content (AvgIpc) is 2.58. The van der Waals surface area contributed by atoms with E-state index in [0.717, 1.165) is 32.1 Å². The molecule has 0 atom stereocenters. The van der Waals surface area contributed by atoms with Gasteiger partial charge in [-0.2, -0.15) is 0 Å². The zero-order chi connectivity index (χ0) is 17.7. The lowest BCUT2D eigenvalue weighted by atomic mass is 10.1. The van der Waals surface area contributed by atoms with Crippen molar-refractivity contribution in [2.75, 3.05) is 20.3 Å². The summed E-state index contributed by atoms with van der Waals surface area (Å²) in [4.78, 5) is 11.5. The number of unbranched alkanes of at least 4 members (excludes halogenated alkanes) is 5. The molecule has 0 aromatic heterocycles. The van der Waals surface area contributed by atoms with E-state index < -0.39 is 0 Å². The number of rotatable bonds is 16. The normalized spacial score (nSPS) is 11.9. The fourth-order valence-electron chi connectivity index (χ4n) is 2.29. The van der Waals surface area contributed by atoms with Gasteiger partial charge in [0.15, 0.2) is 0 Å². The van der Waals surface area contributed by atoms with Gasteiger partial charge in [0.1, 0.15) is 0 Å². The first-order chi connectivity index (χ1) is 11.8. The smallest absolute Gasteiger partial charge is 0.220 e. The number of hydrogen-bond donors (Lipinski definition) is 1. The topological polar surface area (TPSA) is 38.3 Å². The van der Waals surface area contributed by atoms with Crippen molar-refractivity contribution in [1.82, 2.24) is 5.32 Å². The number of nitrogens with one attached hydrogen (secondary N) is 1. The summed E-state index contributed by atoms with van der Waals surface area (Å²) in [7, 11) is 1.64. The first kappa shape index (κ1) is 22.6. The van der Waals surface area contributed by atoms with Gasteiger partial charge in [-0.25, -0.2) is 0 Å². The summed E-state index contributed by atoms with van der Waals surface area (Å²) >= 11 is 0. The van der Waals surface area contributed by atoms with Gasteiger partial charge in [0, 0.05) is 20.1 Å². The van der Waals surface area contributed by atoms with Crippen LogP contribution in [-0.4, -0.2) is 26.2 Å². The van der Waals surface area contributed by atoms with E-state index >= 15 is 0 Å². The molecule has 138 valence electrons. The van der Waals surface area contributed by atoms with Gasteiger partial charge in [0.05, 0.1) is 6.61 Å². The highest BCUT2D eigenvalue weighted by molar-refractivity contribution is 5.75. The van der Waals surface area contributed by atoms with Crippen molar-refractivity contribution in [1.29, 1.82) is 0 Å². The van der Waals surface area contributed by atoms with Gasteiger partial charge in [0.2, 0.25) is 5.91 Å². The second-order valence-corrected chi connectivity index (χ2v) is 5.94. The summed E-state index contributed by atoms with van der Waals surface area (Å²) in [5.41, 5.74) is 0. The number of methoxy groups -OCH3 is 1. The third-order valence-corrected chi connectivity index (χ3v) is 3.68. The van der Waals surface area contributed by atoms with Crippen molar-refractivity contribution in [2.45, 2.75) is 71.1 Å². The molecule has 0 aromatic carbocycles. The van der Waals surface area contributed by atoms with Crippen LogP contribution in [0.1, 0.15) is 71.1 Å². The number of amides is 1. The number of carbonyl (C=O) groups is 1. The highest BCUT2D eigenvalue weighted by Gasteiger charge is 1.99. The lowest BCUT2D eigenvalue weighted by molar-refractivity contribution is -0.121. The van der Waals surface area contributed by atoms with Gasteiger partial charge in [-0.15, -0.1) is 0 Å². The molecule has 0 aromatic rings. The Hall–Kier alpha value is -1.35. The van der Waals surface area contributed by atoms with Gasteiger partial charge in [-0.05, 0) is 38.5 Å². The number of ether oxygens (including phenoxy) is 1. The lowest BCUT2D eigenvalue weighted by Crippen LogP contribution is -2.26. The third-order valence-electron chi connectivity index (χ3n) is 3.68. The van der Waals surface area contributed by atoms with E-state index in [-0.39, 0.29) is 5.91 Å². The standard InChI is InChI=1S/C21H37NO2/c1-3-4-5-6-7-8-9-10-11-12-13-14-15-16-17-18-21(23)22-19-20-24-2/h4-5,7-8,10-11H,3,6,9,12-20H2,1-2H3,(H,22,23)/b5-4-,8-7-,11-10-. The monoisotopic (exact) mass is 335 g/mol. The van der Waals surface area contributed by atoms with Crippen LogP contribution < -0.4 is 5.32 Å². The Kier molecular flexibility index (Phi) is 18.6. The first-order valence-corrected chi connectivity index (χ1v) is 9.51. The van der Waals surface area contributed by atoms with Gasteiger partial charge < -0.3 is 10.1 Å². The number of carbonyl (C=O) groups excluding carboxylic acids is 1. The molecule has 0 aliphatic rings. The summed E-state index contributed by atoms with van der Waals surface area (Å²) in [5.74, 6) is 0.147. The highest BCUT2D eigenvalue weighted by Crippen LogP contribution is 2.08. The second-order valence-electron chi connectivity index (χ2n) is 5.94. The maximum atomic E-state index is 11.5. The predicted molar refractivity (Wildman–Crippen MR) is 104 cm³/mol. The molecule has 0 heterocycles. The summed E-state index contributed by atoms with van der Waals surface area (Å²) in [6.45, 7) is 3.36. The molecule has 3 heteroatoms. The molecule has 0 unspecified atom stereocenters. The van der Waals surface area contributed by atoms with E-state index in [9.17, 15) is 4.79 Å².